The number of rotatable bonds is 3. The summed E-state index contributed by atoms with van der Waals surface area (Å²) in [5.74, 6) is 0.739. The molecule has 1 N–H and O–H groups in total. The predicted molar refractivity (Wildman–Crippen MR) is 85.1 cm³/mol. The van der Waals surface area contributed by atoms with Crippen LogP contribution in [0.4, 0.5) is 0 Å². The summed E-state index contributed by atoms with van der Waals surface area (Å²) < 4.78 is 5.68. The van der Waals surface area contributed by atoms with Crippen molar-refractivity contribution in [3.8, 4) is 5.75 Å². The number of hydrogen-bond donors (Lipinski definition) is 1. The van der Waals surface area contributed by atoms with E-state index in [1.165, 1.54) is 0 Å². The van der Waals surface area contributed by atoms with Gasteiger partial charge in [-0.3, -0.25) is 4.98 Å². The van der Waals surface area contributed by atoms with Crippen LogP contribution in [-0.4, -0.2) is 11.6 Å². The van der Waals surface area contributed by atoms with Gasteiger partial charge in [0.15, 0.2) is 0 Å². The number of ether oxygens (including phenoxy) is 1. The van der Waals surface area contributed by atoms with Crippen LogP contribution >= 0.6 is 23.2 Å². The lowest BCUT2D eigenvalue weighted by Crippen LogP contribution is -2.29. The van der Waals surface area contributed by atoms with Crippen molar-refractivity contribution in [3.63, 3.8) is 0 Å². The van der Waals surface area contributed by atoms with Crippen LogP contribution in [-0.2, 0) is 0 Å². The van der Waals surface area contributed by atoms with Crippen LogP contribution < -0.4 is 10.1 Å². The second-order valence-corrected chi connectivity index (χ2v) is 6.01. The van der Waals surface area contributed by atoms with Crippen molar-refractivity contribution in [2.24, 2.45) is 0 Å². The molecule has 2 heterocycles. The minimum atomic E-state index is 0.167. The summed E-state index contributed by atoms with van der Waals surface area (Å²) in [6.07, 6.45) is 4.54. The van der Waals surface area contributed by atoms with Crippen LogP contribution in [0.3, 0.4) is 0 Å². The van der Waals surface area contributed by atoms with Crippen LogP contribution in [0.15, 0.2) is 36.7 Å². The average Bonchev–Trinajstić information content (AvgIpc) is 2.49. The smallest absolute Gasteiger partial charge is 0.142 e. The highest BCUT2D eigenvalue weighted by atomic mass is 35.5. The summed E-state index contributed by atoms with van der Waals surface area (Å²) in [7, 11) is 0. The van der Waals surface area contributed by atoms with Crippen molar-refractivity contribution in [1.82, 2.24) is 10.3 Å². The van der Waals surface area contributed by atoms with E-state index in [4.69, 9.17) is 27.9 Å². The lowest BCUT2D eigenvalue weighted by atomic mass is 9.98. The maximum absolute atomic E-state index is 6.22. The summed E-state index contributed by atoms with van der Waals surface area (Å²) in [4.78, 5) is 4.16. The molecule has 1 aliphatic heterocycles. The van der Waals surface area contributed by atoms with E-state index in [0.29, 0.717) is 16.7 Å². The zero-order chi connectivity index (χ0) is 14.8. The van der Waals surface area contributed by atoms with Gasteiger partial charge in [0.1, 0.15) is 5.75 Å². The number of aromatic nitrogens is 1. The van der Waals surface area contributed by atoms with Crippen molar-refractivity contribution >= 4 is 23.2 Å². The lowest BCUT2D eigenvalue weighted by Gasteiger charge is -2.30. The van der Waals surface area contributed by atoms with Gasteiger partial charge in [0.2, 0.25) is 0 Å². The Labute approximate surface area is 134 Å². The number of benzene rings is 1. The molecule has 1 aromatic heterocycles. The maximum Gasteiger partial charge on any atom is 0.142 e. The third-order valence-electron chi connectivity index (χ3n) is 3.70. The normalized spacial score (nSPS) is 18.7. The monoisotopic (exact) mass is 322 g/mol. The number of hydrogen-bond acceptors (Lipinski definition) is 3. The molecule has 3 nitrogen and oxygen atoms in total. The Balaban J connectivity index is 1.85. The van der Waals surface area contributed by atoms with E-state index < -0.39 is 0 Å². The molecule has 3 rings (SSSR count). The largest absolute Gasteiger partial charge is 0.492 e. The van der Waals surface area contributed by atoms with Crippen molar-refractivity contribution in [2.75, 3.05) is 6.61 Å². The number of nitrogens with zero attached hydrogens (tertiary/aromatic N) is 1. The fraction of sp³-hybridized carbons (Fsp3) is 0.312. The van der Waals surface area contributed by atoms with Crippen LogP contribution in [0.5, 0.6) is 5.75 Å². The fourth-order valence-corrected chi connectivity index (χ4v) is 3.19. The zero-order valence-corrected chi connectivity index (χ0v) is 13.2. The molecule has 1 aliphatic rings. The second-order valence-electron chi connectivity index (χ2n) is 5.17. The van der Waals surface area contributed by atoms with Crippen molar-refractivity contribution < 1.29 is 4.74 Å². The van der Waals surface area contributed by atoms with Gasteiger partial charge in [0.05, 0.1) is 11.6 Å². The first-order valence-corrected chi connectivity index (χ1v) is 7.68. The van der Waals surface area contributed by atoms with E-state index in [-0.39, 0.29) is 12.1 Å². The molecule has 0 saturated heterocycles. The van der Waals surface area contributed by atoms with Crippen LogP contribution in [0.2, 0.25) is 10.0 Å². The van der Waals surface area contributed by atoms with Gasteiger partial charge in [-0.05, 0) is 30.7 Å². The molecule has 110 valence electrons. The first-order valence-electron chi connectivity index (χ1n) is 6.93. The van der Waals surface area contributed by atoms with Crippen molar-refractivity contribution in [1.29, 1.82) is 0 Å². The number of nitrogens with one attached hydrogen (secondary N) is 1. The van der Waals surface area contributed by atoms with Gasteiger partial charge in [0, 0.05) is 41.5 Å². The molecule has 0 aliphatic carbocycles. The predicted octanol–water partition coefficient (Wildman–Crippen LogP) is 4.56. The highest BCUT2D eigenvalue weighted by Crippen LogP contribution is 2.40. The summed E-state index contributed by atoms with van der Waals surface area (Å²) in [6.45, 7) is 2.77. The van der Waals surface area contributed by atoms with E-state index in [1.54, 1.807) is 12.3 Å². The summed E-state index contributed by atoms with van der Waals surface area (Å²) in [5.41, 5.74) is 2.17. The molecule has 5 heteroatoms. The third-order valence-corrected chi connectivity index (χ3v) is 4.20. The minimum absolute atomic E-state index is 0.167. The van der Waals surface area contributed by atoms with Crippen LogP contribution in [0.1, 0.15) is 36.6 Å². The molecule has 0 radical (unpaired) electrons. The topological polar surface area (TPSA) is 34.1 Å². The van der Waals surface area contributed by atoms with Gasteiger partial charge in [-0.25, -0.2) is 0 Å². The molecule has 2 aromatic rings. The van der Waals surface area contributed by atoms with Gasteiger partial charge >= 0.3 is 0 Å². The lowest BCUT2D eigenvalue weighted by molar-refractivity contribution is 0.246. The number of fused-ring (bicyclic) bond motifs is 1. The summed E-state index contributed by atoms with van der Waals surface area (Å²) in [6, 6.07) is 8.01. The third kappa shape index (κ3) is 3.15. The molecule has 0 spiro atoms. The standard InChI is InChI=1S/C16H16Cl2N2O/c1-10(11-3-2-5-19-9-11)20-15-4-6-21-16-13(15)7-12(17)8-14(16)18/h2-3,5,7-10,15,20H,4,6H2,1H3/t10-,15?/m1/s1. The summed E-state index contributed by atoms with van der Waals surface area (Å²) >= 11 is 12.3. The van der Waals surface area contributed by atoms with Gasteiger partial charge < -0.3 is 10.1 Å². The molecular formula is C16H16Cl2N2O. The van der Waals surface area contributed by atoms with Crippen molar-refractivity contribution in [3.05, 3.63) is 57.8 Å². The van der Waals surface area contributed by atoms with Crippen LogP contribution in [0, 0.1) is 0 Å². The first kappa shape index (κ1) is 14.6. The highest BCUT2D eigenvalue weighted by Gasteiger charge is 2.25. The molecule has 0 amide bonds. The van der Waals surface area contributed by atoms with E-state index in [2.05, 4.69) is 23.3 Å². The second kappa shape index (κ2) is 6.22. The molecular weight excluding hydrogens is 307 g/mol. The SMILES string of the molecule is C[C@@H](NC1CCOc2c(Cl)cc(Cl)cc21)c1cccnc1. The molecule has 2 atom stereocenters. The molecule has 21 heavy (non-hydrogen) atoms. The molecule has 0 saturated carbocycles. The summed E-state index contributed by atoms with van der Waals surface area (Å²) in [5, 5.41) is 4.81. The van der Waals surface area contributed by atoms with E-state index in [9.17, 15) is 0 Å². The molecule has 0 bridgehead atoms. The Bertz CT molecular complexity index is 634. The maximum atomic E-state index is 6.22. The number of pyridine rings is 1. The van der Waals surface area contributed by atoms with E-state index in [1.807, 2.05) is 18.3 Å². The van der Waals surface area contributed by atoms with E-state index in [0.717, 1.165) is 23.3 Å². The molecule has 1 unspecified atom stereocenters. The molecule has 1 aromatic carbocycles. The highest BCUT2D eigenvalue weighted by molar-refractivity contribution is 6.35. The Kier molecular flexibility index (Phi) is 4.34. The Hall–Kier alpha value is -1.29. The zero-order valence-electron chi connectivity index (χ0n) is 11.6. The Morgan fingerprint density at radius 2 is 2.24 bits per heavy atom. The van der Waals surface area contributed by atoms with Crippen molar-refractivity contribution in [2.45, 2.75) is 25.4 Å². The minimum Gasteiger partial charge on any atom is -0.492 e. The fourth-order valence-electron chi connectivity index (χ4n) is 2.63. The molecule has 0 fully saturated rings. The number of halogens is 2. The quantitative estimate of drug-likeness (QED) is 0.899. The first-order chi connectivity index (χ1) is 10.1. The van der Waals surface area contributed by atoms with Crippen LogP contribution in [0.25, 0.3) is 0 Å². The Morgan fingerprint density at radius 3 is 3.00 bits per heavy atom. The van der Waals surface area contributed by atoms with E-state index >= 15 is 0 Å². The van der Waals surface area contributed by atoms with Gasteiger partial charge in [-0.2, -0.15) is 0 Å². The van der Waals surface area contributed by atoms with Gasteiger partial charge in [-0.1, -0.05) is 29.3 Å². The van der Waals surface area contributed by atoms with Gasteiger partial charge in [0.25, 0.3) is 0 Å². The Morgan fingerprint density at radius 1 is 1.38 bits per heavy atom. The average molecular weight is 323 g/mol. The van der Waals surface area contributed by atoms with Gasteiger partial charge in [-0.15, -0.1) is 0 Å².